The molecule has 1 heterocycles. The van der Waals surface area contributed by atoms with Crippen molar-refractivity contribution in [3.63, 3.8) is 0 Å². The highest BCUT2D eigenvalue weighted by molar-refractivity contribution is 6.02. The van der Waals surface area contributed by atoms with E-state index < -0.39 is 6.04 Å². The lowest BCUT2D eigenvalue weighted by molar-refractivity contribution is -0.126. The number of amides is 2. The lowest BCUT2D eigenvalue weighted by Gasteiger charge is -2.39. The van der Waals surface area contributed by atoms with Crippen molar-refractivity contribution in [2.45, 2.75) is 52.1 Å². The zero-order chi connectivity index (χ0) is 17.3. The van der Waals surface area contributed by atoms with Gasteiger partial charge in [0.25, 0.3) is 0 Å². The summed E-state index contributed by atoms with van der Waals surface area (Å²) in [5.41, 5.74) is 2.12. The van der Waals surface area contributed by atoms with Gasteiger partial charge in [-0.15, -0.1) is 0 Å². The van der Waals surface area contributed by atoms with Gasteiger partial charge in [0, 0.05) is 26.1 Å². The van der Waals surface area contributed by atoms with Crippen molar-refractivity contribution >= 4 is 23.2 Å². The predicted molar refractivity (Wildman–Crippen MR) is 96.2 cm³/mol. The van der Waals surface area contributed by atoms with E-state index in [4.69, 9.17) is 0 Å². The molecule has 1 aliphatic carbocycles. The molecule has 1 aliphatic heterocycles. The number of anilines is 2. The fourth-order valence-electron chi connectivity index (χ4n) is 3.50. The lowest BCUT2D eigenvalue weighted by Crippen LogP contribution is -2.53. The first kappa shape index (κ1) is 16.8. The van der Waals surface area contributed by atoms with E-state index >= 15 is 0 Å². The first-order valence-electron chi connectivity index (χ1n) is 8.91. The summed E-state index contributed by atoms with van der Waals surface area (Å²) in [5.74, 6) is 0.189. The molecule has 2 aliphatic rings. The Morgan fingerprint density at radius 1 is 1.17 bits per heavy atom. The van der Waals surface area contributed by atoms with Crippen molar-refractivity contribution in [2.75, 3.05) is 22.9 Å². The van der Waals surface area contributed by atoms with Crippen LogP contribution in [0.2, 0.25) is 0 Å². The van der Waals surface area contributed by atoms with Gasteiger partial charge in [-0.1, -0.05) is 26.0 Å². The van der Waals surface area contributed by atoms with Gasteiger partial charge in [0.15, 0.2) is 0 Å². The van der Waals surface area contributed by atoms with Gasteiger partial charge in [-0.3, -0.25) is 9.59 Å². The van der Waals surface area contributed by atoms with Crippen LogP contribution in [0.15, 0.2) is 24.3 Å². The van der Waals surface area contributed by atoms with Crippen molar-refractivity contribution < 1.29 is 9.59 Å². The number of hydrogen-bond acceptors (Lipinski definition) is 3. The summed E-state index contributed by atoms with van der Waals surface area (Å²) >= 11 is 0. The van der Waals surface area contributed by atoms with Crippen LogP contribution in [-0.4, -0.2) is 37.0 Å². The molecule has 5 heteroatoms. The lowest BCUT2D eigenvalue weighted by atomic mass is 10.0. The summed E-state index contributed by atoms with van der Waals surface area (Å²) in [4.78, 5) is 28.9. The Bertz CT molecular complexity index is 625. The van der Waals surface area contributed by atoms with Crippen LogP contribution in [0.4, 0.5) is 11.4 Å². The van der Waals surface area contributed by atoms with Crippen molar-refractivity contribution in [3.8, 4) is 0 Å². The Morgan fingerprint density at radius 2 is 1.83 bits per heavy atom. The molecule has 5 nitrogen and oxygen atoms in total. The molecule has 130 valence electrons. The van der Waals surface area contributed by atoms with Crippen molar-refractivity contribution in [2.24, 2.45) is 5.92 Å². The number of benzene rings is 1. The van der Waals surface area contributed by atoms with E-state index in [9.17, 15) is 9.59 Å². The van der Waals surface area contributed by atoms with Crippen LogP contribution in [0.5, 0.6) is 0 Å². The zero-order valence-corrected chi connectivity index (χ0v) is 14.8. The minimum absolute atomic E-state index is 0.00166. The maximum Gasteiger partial charge on any atom is 0.249 e. The normalized spacial score (nSPS) is 18.3. The number of nitrogens with zero attached hydrogens (tertiary/aromatic N) is 2. The van der Waals surface area contributed by atoms with Gasteiger partial charge in [-0.05, 0) is 37.3 Å². The summed E-state index contributed by atoms with van der Waals surface area (Å²) in [6, 6.07) is 8.30. The van der Waals surface area contributed by atoms with Crippen molar-refractivity contribution in [1.29, 1.82) is 0 Å². The second kappa shape index (κ2) is 6.83. The maximum atomic E-state index is 13.1. The molecule has 2 amide bonds. The van der Waals surface area contributed by atoms with Gasteiger partial charge in [-0.25, -0.2) is 0 Å². The van der Waals surface area contributed by atoms with E-state index in [0.717, 1.165) is 17.9 Å². The van der Waals surface area contributed by atoms with Gasteiger partial charge < -0.3 is 15.1 Å². The molecule has 0 spiro atoms. The van der Waals surface area contributed by atoms with Crippen molar-refractivity contribution in [1.82, 2.24) is 5.32 Å². The fraction of sp³-hybridized carbons (Fsp3) is 0.579. The number of nitrogens with one attached hydrogen (secondary N) is 1. The Labute approximate surface area is 144 Å². The van der Waals surface area contributed by atoms with E-state index in [0.29, 0.717) is 24.9 Å². The second-order valence-electron chi connectivity index (χ2n) is 7.29. The summed E-state index contributed by atoms with van der Waals surface area (Å²) in [6.07, 6.45) is 3.14. The topological polar surface area (TPSA) is 52.7 Å². The van der Waals surface area contributed by atoms with Crippen molar-refractivity contribution in [3.05, 3.63) is 24.3 Å². The van der Waals surface area contributed by atoms with E-state index in [-0.39, 0.29) is 11.8 Å². The molecule has 0 unspecified atom stereocenters. The predicted octanol–water partition coefficient (Wildman–Crippen LogP) is 2.55. The van der Waals surface area contributed by atoms with Crippen LogP contribution in [-0.2, 0) is 9.59 Å². The Morgan fingerprint density at radius 3 is 2.42 bits per heavy atom. The van der Waals surface area contributed by atoms with Crippen LogP contribution >= 0.6 is 0 Å². The highest BCUT2D eigenvalue weighted by Gasteiger charge is 2.37. The molecule has 0 radical (unpaired) electrons. The van der Waals surface area contributed by atoms with Crippen LogP contribution in [0.1, 0.15) is 40.0 Å². The highest BCUT2D eigenvalue weighted by Crippen LogP contribution is 2.40. The summed E-state index contributed by atoms with van der Waals surface area (Å²) in [7, 11) is 0. The van der Waals surface area contributed by atoms with Crippen LogP contribution < -0.4 is 15.1 Å². The molecule has 1 fully saturated rings. The van der Waals surface area contributed by atoms with Crippen LogP contribution in [0.25, 0.3) is 0 Å². The molecular formula is C19H27N3O2. The smallest absolute Gasteiger partial charge is 0.249 e. The molecule has 1 aromatic carbocycles. The minimum atomic E-state index is -0.456. The van der Waals surface area contributed by atoms with Gasteiger partial charge in [0.1, 0.15) is 6.04 Å². The van der Waals surface area contributed by atoms with E-state index in [1.807, 2.05) is 23.1 Å². The number of hydrogen-bond donors (Lipinski definition) is 1. The summed E-state index contributed by atoms with van der Waals surface area (Å²) in [5, 5.41) is 2.84. The van der Waals surface area contributed by atoms with E-state index in [2.05, 4.69) is 30.1 Å². The Hall–Kier alpha value is -2.04. The molecular weight excluding hydrogens is 302 g/mol. The SMILES string of the molecule is CC(=O)N[C@@H](CC(C)C)C(=O)N1CCN(C2CC2)c2ccccc21. The highest BCUT2D eigenvalue weighted by atomic mass is 16.2. The molecule has 3 rings (SSSR count). The third-order valence-electron chi connectivity index (χ3n) is 4.68. The number of carbonyl (C=O) groups is 2. The zero-order valence-electron chi connectivity index (χ0n) is 14.8. The molecule has 1 aromatic rings. The van der Waals surface area contributed by atoms with Gasteiger partial charge in [0.2, 0.25) is 11.8 Å². The first-order valence-corrected chi connectivity index (χ1v) is 8.91. The van der Waals surface area contributed by atoms with E-state index in [1.165, 1.54) is 19.8 Å². The Kier molecular flexibility index (Phi) is 4.78. The van der Waals surface area contributed by atoms with Gasteiger partial charge in [-0.2, -0.15) is 0 Å². The maximum absolute atomic E-state index is 13.1. The van der Waals surface area contributed by atoms with Crippen LogP contribution in [0, 0.1) is 5.92 Å². The minimum Gasteiger partial charge on any atom is -0.365 e. The largest absolute Gasteiger partial charge is 0.365 e. The number of rotatable bonds is 5. The number of para-hydroxylation sites is 2. The van der Waals surface area contributed by atoms with Gasteiger partial charge in [0.05, 0.1) is 11.4 Å². The van der Waals surface area contributed by atoms with Crippen LogP contribution in [0.3, 0.4) is 0 Å². The standard InChI is InChI=1S/C19H27N3O2/c1-13(2)12-16(20-14(3)23)19(24)22-11-10-21(15-8-9-15)17-6-4-5-7-18(17)22/h4-7,13,15-16H,8-12H2,1-3H3,(H,20,23)/t16-/m0/s1. The quantitative estimate of drug-likeness (QED) is 0.903. The summed E-state index contributed by atoms with van der Waals surface area (Å²) < 4.78 is 0. The molecule has 0 saturated heterocycles. The third-order valence-corrected chi connectivity index (χ3v) is 4.68. The fourth-order valence-corrected chi connectivity index (χ4v) is 3.50. The second-order valence-corrected chi connectivity index (χ2v) is 7.29. The molecule has 0 aromatic heterocycles. The molecule has 1 N–H and O–H groups in total. The Balaban J connectivity index is 1.85. The average Bonchev–Trinajstić information content (AvgIpc) is 3.36. The number of carbonyl (C=O) groups excluding carboxylic acids is 2. The molecule has 1 atom stereocenters. The molecule has 1 saturated carbocycles. The van der Waals surface area contributed by atoms with Gasteiger partial charge >= 0.3 is 0 Å². The molecule has 24 heavy (non-hydrogen) atoms. The van der Waals surface area contributed by atoms with E-state index in [1.54, 1.807) is 0 Å². The number of fused-ring (bicyclic) bond motifs is 1. The first-order chi connectivity index (χ1) is 11.5. The third kappa shape index (κ3) is 3.55. The molecule has 0 bridgehead atoms. The monoisotopic (exact) mass is 329 g/mol. The average molecular weight is 329 g/mol. The summed E-state index contributed by atoms with van der Waals surface area (Å²) in [6.45, 7) is 7.16.